The molecule has 0 N–H and O–H groups in total. The third-order valence-corrected chi connectivity index (χ3v) is 4.22. The Bertz CT molecular complexity index is 545. The lowest BCUT2D eigenvalue weighted by Crippen LogP contribution is -2.15. The van der Waals surface area contributed by atoms with Crippen LogP contribution in [0.2, 0.25) is 19.6 Å². The van der Waals surface area contributed by atoms with E-state index in [9.17, 15) is 13.2 Å². The van der Waals surface area contributed by atoms with Crippen LogP contribution in [-0.2, 0) is 6.42 Å². The molecule has 0 saturated heterocycles. The van der Waals surface area contributed by atoms with Crippen molar-refractivity contribution in [1.29, 1.82) is 0 Å². The Hall–Kier alpha value is -1.29. The Kier molecular flexibility index (Phi) is 3.47. The van der Waals surface area contributed by atoms with Crippen LogP contribution in [0.1, 0.15) is 16.7 Å². The Balaban J connectivity index is 2.39. The Morgan fingerprint density at radius 3 is 2.42 bits per heavy atom. The van der Waals surface area contributed by atoms with Crippen LogP contribution in [0, 0.1) is 0 Å². The van der Waals surface area contributed by atoms with Gasteiger partial charge in [0.2, 0.25) is 0 Å². The third-order valence-electron chi connectivity index (χ3n) is 3.06. The number of rotatable bonds is 2. The number of benzene rings is 1. The van der Waals surface area contributed by atoms with Crippen molar-refractivity contribution in [2.75, 3.05) is 0 Å². The maximum Gasteiger partial charge on any atom is 0.413 e. The van der Waals surface area contributed by atoms with Crippen molar-refractivity contribution in [2.45, 2.75) is 32.2 Å². The van der Waals surface area contributed by atoms with E-state index in [1.54, 1.807) is 6.07 Å². The maximum absolute atomic E-state index is 12.8. The summed E-state index contributed by atoms with van der Waals surface area (Å²) in [6, 6.07) is 5.48. The zero-order chi connectivity index (χ0) is 14.3. The Morgan fingerprint density at radius 2 is 1.84 bits per heavy atom. The van der Waals surface area contributed by atoms with E-state index in [0.29, 0.717) is 0 Å². The molecule has 0 unspecified atom stereocenters. The quantitative estimate of drug-likeness (QED) is 0.664. The molecule has 0 aromatic heterocycles. The van der Waals surface area contributed by atoms with Crippen molar-refractivity contribution in [3.05, 3.63) is 46.2 Å². The average molecular weight is 282 g/mol. The van der Waals surface area contributed by atoms with Gasteiger partial charge in [-0.05, 0) is 22.8 Å². The molecule has 0 nitrogen and oxygen atoms in total. The lowest BCUT2D eigenvalue weighted by Gasteiger charge is -2.09. The fourth-order valence-electron chi connectivity index (χ4n) is 2.06. The summed E-state index contributed by atoms with van der Waals surface area (Å²) in [7, 11) is -1.35. The molecule has 0 amide bonds. The molecule has 102 valence electrons. The molecule has 0 fully saturated rings. The van der Waals surface area contributed by atoms with Gasteiger partial charge in [-0.2, -0.15) is 13.2 Å². The summed E-state index contributed by atoms with van der Waals surface area (Å²) in [5, 5.41) is 0. The molecule has 0 spiro atoms. The molecule has 1 aromatic rings. The van der Waals surface area contributed by atoms with Crippen LogP contribution < -0.4 is 0 Å². The first kappa shape index (κ1) is 14.1. The molecule has 1 aromatic carbocycles. The van der Waals surface area contributed by atoms with E-state index in [1.807, 2.05) is 18.2 Å². The fourth-order valence-corrected chi connectivity index (χ4v) is 2.74. The van der Waals surface area contributed by atoms with E-state index in [1.165, 1.54) is 6.08 Å². The molecular weight excluding hydrogens is 265 g/mol. The van der Waals surface area contributed by atoms with E-state index in [-0.39, 0.29) is 6.42 Å². The van der Waals surface area contributed by atoms with Crippen molar-refractivity contribution >= 4 is 20.2 Å². The minimum atomic E-state index is -4.22. The van der Waals surface area contributed by atoms with E-state index in [0.717, 1.165) is 16.7 Å². The smallest absolute Gasteiger partial charge is 0.166 e. The van der Waals surface area contributed by atoms with Crippen LogP contribution in [0.5, 0.6) is 0 Å². The highest BCUT2D eigenvalue weighted by Gasteiger charge is 2.36. The molecule has 19 heavy (non-hydrogen) atoms. The Labute approximate surface area is 112 Å². The first-order valence-electron chi connectivity index (χ1n) is 6.26. The predicted octanol–water partition coefficient (Wildman–Crippen LogP) is 5.08. The second kappa shape index (κ2) is 4.67. The summed E-state index contributed by atoms with van der Waals surface area (Å²) in [5.41, 5.74) is 4.09. The van der Waals surface area contributed by atoms with Crippen molar-refractivity contribution in [1.82, 2.24) is 0 Å². The molecule has 0 atom stereocenters. The summed E-state index contributed by atoms with van der Waals surface area (Å²) in [5.74, 6) is 0. The summed E-state index contributed by atoms with van der Waals surface area (Å²) in [6.45, 7) is 6.59. The molecule has 0 saturated carbocycles. The van der Waals surface area contributed by atoms with Crippen molar-refractivity contribution in [2.24, 2.45) is 0 Å². The summed E-state index contributed by atoms with van der Waals surface area (Å²) < 4.78 is 38.3. The van der Waals surface area contributed by atoms with Gasteiger partial charge in [0.05, 0.1) is 8.07 Å². The lowest BCUT2D eigenvalue weighted by atomic mass is 10.0. The predicted molar refractivity (Wildman–Crippen MR) is 76.6 cm³/mol. The molecule has 0 heterocycles. The molecule has 1 aliphatic carbocycles. The van der Waals surface area contributed by atoms with Crippen LogP contribution >= 0.6 is 0 Å². The Morgan fingerprint density at radius 1 is 1.16 bits per heavy atom. The van der Waals surface area contributed by atoms with Crippen molar-refractivity contribution in [3.63, 3.8) is 0 Å². The number of alkyl halides is 3. The van der Waals surface area contributed by atoms with Gasteiger partial charge in [0.25, 0.3) is 0 Å². The molecule has 2 rings (SSSR count). The second-order valence-electron chi connectivity index (χ2n) is 5.96. The summed E-state index contributed by atoms with van der Waals surface area (Å²) in [4.78, 5) is 0. The minimum Gasteiger partial charge on any atom is -0.166 e. The standard InChI is InChI=1S/C15H17F3Si/c1-19(2,3)8-7-11-5-4-6-12-9-13(10-14(11)12)15(16,17)18/h4-8,10H,9H2,1-3H3. The van der Waals surface area contributed by atoms with Gasteiger partial charge < -0.3 is 0 Å². The molecule has 0 aliphatic heterocycles. The zero-order valence-electron chi connectivity index (χ0n) is 11.3. The number of hydrogen-bond acceptors (Lipinski definition) is 0. The zero-order valence-corrected chi connectivity index (χ0v) is 12.3. The van der Waals surface area contributed by atoms with Crippen LogP contribution in [-0.4, -0.2) is 14.3 Å². The summed E-state index contributed by atoms with van der Waals surface area (Å²) in [6.07, 6.45) is -0.966. The third kappa shape index (κ3) is 3.38. The first-order valence-corrected chi connectivity index (χ1v) is 9.83. The molecule has 0 bridgehead atoms. The van der Waals surface area contributed by atoms with E-state index in [4.69, 9.17) is 0 Å². The second-order valence-corrected chi connectivity index (χ2v) is 11.0. The maximum atomic E-state index is 12.8. The number of hydrogen-bond donors (Lipinski definition) is 0. The van der Waals surface area contributed by atoms with Crippen LogP contribution in [0.4, 0.5) is 13.2 Å². The molecule has 4 heteroatoms. The highest BCUT2D eigenvalue weighted by atomic mass is 28.3. The van der Waals surface area contributed by atoms with Gasteiger partial charge in [-0.3, -0.25) is 0 Å². The summed E-state index contributed by atoms with van der Waals surface area (Å²) >= 11 is 0. The van der Waals surface area contributed by atoms with Gasteiger partial charge in [0.15, 0.2) is 0 Å². The van der Waals surface area contributed by atoms with Gasteiger partial charge in [0, 0.05) is 12.0 Å². The number of halogens is 3. The van der Waals surface area contributed by atoms with E-state index >= 15 is 0 Å². The first-order chi connectivity index (χ1) is 8.67. The monoisotopic (exact) mass is 282 g/mol. The fraction of sp³-hybridized carbons (Fsp3) is 0.333. The lowest BCUT2D eigenvalue weighted by molar-refractivity contribution is -0.0918. The molecule has 1 aliphatic rings. The van der Waals surface area contributed by atoms with Crippen LogP contribution in [0.3, 0.4) is 0 Å². The minimum absolute atomic E-state index is 0.00649. The van der Waals surface area contributed by atoms with E-state index < -0.39 is 19.8 Å². The van der Waals surface area contributed by atoms with Crippen LogP contribution in [0.25, 0.3) is 12.2 Å². The van der Waals surface area contributed by atoms with Crippen molar-refractivity contribution < 1.29 is 13.2 Å². The average Bonchev–Trinajstić information content (AvgIpc) is 2.68. The van der Waals surface area contributed by atoms with Gasteiger partial charge in [-0.25, -0.2) is 0 Å². The highest BCUT2D eigenvalue weighted by molar-refractivity contribution is 6.81. The topological polar surface area (TPSA) is 0 Å². The molecule has 0 radical (unpaired) electrons. The van der Waals surface area contributed by atoms with Gasteiger partial charge in [-0.1, -0.05) is 49.6 Å². The number of allylic oxidation sites excluding steroid dienone is 1. The van der Waals surface area contributed by atoms with Gasteiger partial charge >= 0.3 is 6.18 Å². The molecular formula is C15H17F3Si. The largest absolute Gasteiger partial charge is 0.413 e. The highest BCUT2D eigenvalue weighted by Crippen LogP contribution is 2.37. The van der Waals surface area contributed by atoms with E-state index in [2.05, 4.69) is 25.3 Å². The van der Waals surface area contributed by atoms with Gasteiger partial charge in [-0.15, -0.1) is 0 Å². The van der Waals surface area contributed by atoms with Crippen molar-refractivity contribution in [3.8, 4) is 0 Å². The normalized spacial score (nSPS) is 15.8. The SMILES string of the molecule is C[Si](C)(C)C=Cc1cccc2c1C=C(C(F)(F)F)C2. The van der Waals surface area contributed by atoms with Gasteiger partial charge in [0.1, 0.15) is 0 Å². The number of fused-ring (bicyclic) bond motifs is 1. The van der Waals surface area contributed by atoms with Crippen LogP contribution in [0.15, 0.2) is 29.5 Å².